The van der Waals surface area contributed by atoms with E-state index in [2.05, 4.69) is 29.4 Å². The number of aromatic nitrogens is 3. The highest BCUT2D eigenvalue weighted by Gasteiger charge is 2.19. The maximum absolute atomic E-state index is 12.7. The van der Waals surface area contributed by atoms with E-state index < -0.39 is 0 Å². The van der Waals surface area contributed by atoms with Crippen LogP contribution < -0.4 is 10.1 Å². The van der Waals surface area contributed by atoms with Crippen LogP contribution in [-0.2, 0) is 5.75 Å². The summed E-state index contributed by atoms with van der Waals surface area (Å²) in [7, 11) is 1.64. The Bertz CT molecular complexity index is 1200. The van der Waals surface area contributed by atoms with Gasteiger partial charge in [-0.1, -0.05) is 43.8 Å². The number of nitrogens with one attached hydrogen (secondary N) is 1. The summed E-state index contributed by atoms with van der Waals surface area (Å²) in [6.07, 6.45) is 1.61. The number of carbonyl (C=O) groups excluding carboxylic acids is 1. The minimum absolute atomic E-state index is 0.0622. The highest BCUT2D eigenvalue weighted by atomic mass is 32.2. The number of amides is 1. The van der Waals surface area contributed by atoms with E-state index in [1.807, 2.05) is 65.2 Å². The molecule has 1 N–H and O–H groups in total. The van der Waals surface area contributed by atoms with Gasteiger partial charge in [-0.15, -0.1) is 10.2 Å². The Hall–Kier alpha value is -3.52. The van der Waals surface area contributed by atoms with E-state index >= 15 is 0 Å². The van der Waals surface area contributed by atoms with Gasteiger partial charge in [-0.25, -0.2) is 0 Å². The number of hydrogen-bond donors (Lipinski definition) is 1. The number of carbonyl (C=O) groups is 1. The molecule has 0 atom stereocenters. The first-order chi connectivity index (χ1) is 16.1. The van der Waals surface area contributed by atoms with Gasteiger partial charge in [0.2, 0.25) is 5.82 Å². The van der Waals surface area contributed by atoms with Crippen molar-refractivity contribution < 1.29 is 13.9 Å². The predicted molar refractivity (Wildman–Crippen MR) is 129 cm³/mol. The molecule has 0 spiro atoms. The lowest BCUT2D eigenvalue weighted by atomic mass is 10.1. The van der Waals surface area contributed by atoms with Crippen LogP contribution in [0.4, 0.5) is 0 Å². The second-order valence-corrected chi connectivity index (χ2v) is 8.81. The van der Waals surface area contributed by atoms with Crippen molar-refractivity contribution in [3.05, 3.63) is 78.1 Å². The molecule has 2 aromatic heterocycles. The van der Waals surface area contributed by atoms with Gasteiger partial charge in [0.1, 0.15) is 5.75 Å². The summed E-state index contributed by atoms with van der Waals surface area (Å²) in [5, 5.41) is 12.5. The van der Waals surface area contributed by atoms with Crippen LogP contribution in [0.5, 0.6) is 5.75 Å². The molecule has 4 rings (SSSR count). The lowest BCUT2D eigenvalue weighted by Crippen LogP contribution is -2.28. The smallest absolute Gasteiger partial charge is 0.251 e. The van der Waals surface area contributed by atoms with E-state index in [9.17, 15) is 4.79 Å². The van der Waals surface area contributed by atoms with E-state index in [0.29, 0.717) is 40.5 Å². The van der Waals surface area contributed by atoms with Gasteiger partial charge in [0.15, 0.2) is 10.9 Å². The zero-order valence-electron chi connectivity index (χ0n) is 18.8. The summed E-state index contributed by atoms with van der Waals surface area (Å²) in [6, 6.07) is 19.0. The van der Waals surface area contributed by atoms with Gasteiger partial charge in [0, 0.05) is 17.9 Å². The van der Waals surface area contributed by atoms with E-state index in [0.717, 1.165) is 17.0 Å². The Balaban J connectivity index is 1.63. The van der Waals surface area contributed by atoms with Crippen molar-refractivity contribution in [2.45, 2.75) is 24.8 Å². The summed E-state index contributed by atoms with van der Waals surface area (Å²) in [6.45, 7) is 4.79. The Morgan fingerprint density at radius 3 is 2.58 bits per heavy atom. The summed E-state index contributed by atoms with van der Waals surface area (Å²) in [4.78, 5) is 12.7. The molecule has 0 aliphatic carbocycles. The number of furan rings is 1. The molecule has 170 valence electrons. The molecule has 2 heterocycles. The third-order valence-electron chi connectivity index (χ3n) is 5.00. The zero-order chi connectivity index (χ0) is 23.2. The van der Waals surface area contributed by atoms with Gasteiger partial charge in [0.05, 0.1) is 19.1 Å². The van der Waals surface area contributed by atoms with E-state index in [1.54, 1.807) is 13.4 Å². The molecule has 33 heavy (non-hydrogen) atoms. The molecule has 7 nitrogen and oxygen atoms in total. The predicted octanol–water partition coefficient (Wildman–Crippen LogP) is 5.21. The summed E-state index contributed by atoms with van der Waals surface area (Å²) in [5.41, 5.74) is 2.50. The Morgan fingerprint density at radius 2 is 1.88 bits per heavy atom. The molecule has 0 aliphatic heterocycles. The van der Waals surface area contributed by atoms with Crippen LogP contribution in [-0.4, -0.2) is 34.3 Å². The van der Waals surface area contributed by atoms with Gasteiger partial charge >= 0.3 is 0 Å². The molecule has 2 aromatic carbocycles. The molecule has 4 aromatic rings. The van der Waals surface area contributed by atoms with E-state index in [1.165, 1.54) is 11.8 Å². The fourth-order valence-corrected chi connectivity index (χ4v) is 4.25. The number of hydrogen-bond acceptors (Lipinski definition) is 6. The third-order valence-corrected chi connectivity index (χ3v) is 5.97. The Kier molecular flexibility index (Phi) is 7.14. The molecule has 0 bridgehead atoms. The van der Waals surface area contributed by atoms with Crippen LogP contribution in [0.3, 0.4) is 0 Å². The maximum atomic E-state index is 12.7. The van der Waals surface area contributed by atoms with E-state index in [-0.39, 0.29) is 5.91 Å². The number of methoxy groups -OCH3 is 1. The SMILES string of the molecule is COc1ccc(-n2c(SCc3ccccc3C(=O)NCC(C)C)nnc2-c2ccco2)cc1. The quantitative estimate of drug-likeness (QED) is 0.344. The highest BCUT2D eigenvalue weighted by Crippen LogP contribution is 2.31. The van der Waals surface area contributed by atoms with Gasteiger partial charge < -0.3 is 14.5 Å². The number of rotatable bonds is 9. The minimum atomic E-state index is -0.0622. The first-order valence-electron chi connectivity index (χ1n) is 10.7. The van der Waals surface area contributed by atoms with Gasteiger partial charge in [-0.05, 0) is 53.9 Å². The van der Waals surface area contributed by atoms with Crippen LogP contribution in [0.25, 0.3) is 17.3 Å². The van der Waals surface area contributed by atoms with Crippen LogP contribution >= 0.6 is 11.8 Å². The number of ether oxygens (including phenoxy) is 1. The second-order valence-electron chi connectivity index (χ2n) is 7.87. The summed E-state index contributed by atoms with van der Waals surface area (Å²) >= 11 is 1.52. The molecule has 0 saturated carbocycles. The van der Waals surface area contributed by atoms with Crippen molar-refractivity contribution in [3.63, 3.8) is 0 Å². The second kappa shape index (κ2) is 10.4. The van der Waals surface area contributed by atoms with Crippen molar-refractivity contribution in [1.29, 1.82) is 0 Å². The Labute approximate surface area is 197 Å². The van der Waals surface area contributed by atoms with Crippen molar-refractivity contribution in [3.8, 4) is 23.0 Å². The fourth-order valence-electron chi connectivity index (χ4n) is 3.29. The van der Waals surface area contributed by atoms with Crippen molar-refractivity contribution in [2.24, 2.45) is 5.92 Å². The fraction of sp³-hybridized carbons (Fsp3) is 0.240. The molecule has 0 fully saturated rings. The molecular formula is C25H26N4O3S. The lowest BCUT2D eigenvalue weighted by molar-refractivity contribution is 0.0948. The van der Waals surface area contributed by atoms with Crippen molar-refractivity contribution >= 4 is 17.7 Å². The number of nitrogens with zero attached hydrogens (tertiary/aromatic N) is 3. The Morgan fingerprint density at radius 1 is 1.09 bits per heavy atom. The largest absolute Gasteiger partial charge is 0.497 e. The summed E-state index contributed by atoms with van der Waals surface area (Å²) < 4.78 is 12.8. The minimum Gasteiger partial charge on any atom is -0.497 e. The maximum Gasteiger partial charge on any atom is 0.251 e. The van der Waals surface area contributed by atoms with Crippen LogP contribution in [0, 0.1) is 5.92 Å². The first kappa shape index (κ1) is 22.7. The van der Waals surface area contributed by atoms with Gasteiger partial charge in [-0.2, -0.15) is 0 Å². The standard InChI is InChI=1S/C25H26N4O3S/c1-17(2)15-26-24(30)21-8-5-4-7-18(21)16-33-25-28-27-23(22-9-6-14-32-22)29(25)19-10-12-20(31-3)13-11-19/h4-14,17H,15-16H2,1-3H3,(H,26,30). The van der Waals surface area contributed by atoms with Crippen molar-refractivity contribution in [1.82, 2.24) is 20.1 Å². The zero-order valence-corrected chi connectivity index (χ0v) is 19.6. The lowest BCUT2D eigenvalue weighted by Gasteiger charge is -2.12. The van der Waals surface area contributed by atoms with Gasteiger partial charge in [-0.3, -0.25) is 9.36 Å². The third kappa shape index (κ3) is 5.28. The van der Waals surface area contributed by atoms with Gasteiger partial charge in [0.25, 0.3) is 5.91 Å². The average molecular weight is 463 g/mol. The van der Waals surface area contributed by atoms with Crippen LogP contribution in [0.15, 0.2) is 76.5 Å². The summed E-state index contributed by atoms with van der Waals surface area (Å²) in [5.74, 6) is 2.89. The van der Waals surface area contributed by atoms with Crippen molar-refractivity contribution in [2.75, 3.05) is 13.7 Å². The van der Waals surface area contributed by atoms with E-state index in [4.69, 9.17) is 9.15 Å². The molecule has 0 saturated heterocycles. The molecule has 0 unspecified atom stereocenters. The number of benzene rings is 2. The topological polar surface area (TPSA) is 82.2 Å². The van der Waals surface area contributed by atoms with Crippen LogP contribution in [0.2, 0.25) is 0 Å². The molecule has 8 heteroatoms. The highest BCUT2D eigenvalue weighted by molar-refractivity contribution is 7.98. The molecule has 0 aliphatic rings. The average Bonchev–Trinajstić information content (AvgIpc) is 3.51. The first-order valence-corrected chi connectivity index (χ1v) is 11.7. The molecule has 1 amide bonds. The number of thioether (sulfide) groups is 1. The van der Waals surface area contributed by atoms with Crippen LogP contribution in [0.1, 0.15) is 29.8 Å². The normalized spacial score (nSPS) is 11.0. The molecule has 0 radical (unpaired) electrons. The molecular weight excluding hydrogens is 436 g/mol. The monoisotopic (exact) mass is 462 g/mol.